The van der Waals surface area contributed by atoms with Crippen LogP contribution in [0.3, 0.4) is 0 Å². The van der Waals surface area contributed by atoms with Gasteiger partial charge in [-0.15, -0.1) is 0 Å². The second kappa shape index (κ2) is 6.59. The zero-order chi connectivity index (χ0) is 14.0. The molecular weight excluding hydrogens is 413 g/mol. The van der Waals surface area contributed by atoms with Gasteiger partial charge in [-0.25, -0.2) is 0 Å². The second-order valence-corrected chi connectivity index (χ2v) is 6.91. The van der Waals surface area contributed by atoms with Crippen molar-refractivity contribution in [1.29, 1.82) is 0 Å². The normalized spacial score (nSPS) is 12.5. The molecule has 2 N–H and O–H groups in total. The quantitative estimate of drug-likeness (QED) is 0.667. The first-order valence-electron chi connectivity index (χ1n) is 5.61. The highest BCUT2D eigenvalue weighted by atomic mass is 79.9. The summed E-state index contributed by atoms with van der Waals surface area (Å²) in [6, 6.07) is 11.5. The summed E-state index contributed by atoms with van der Waals surface area (Å²) in [5.74, 6) is 0. The lowest BCUT2D eigenvalue weighted by molar-refractivity contribution is 0.721. The maximum Gasteiger partial charge on any atom is 0.0595 e. The second-order valence-electron chi connectivity index (χ2n) is 4.26. The summed E-state index contributed by atoms with van der Waals surface area (Å²) in [6.07, 6.45) is 0.708. The molecule has 5 heteroatoms. The monoisotopic (exact) mass is 421 g/mol. The molecule has 2 aromatic carbocycles. The van der Waals surface area contributed by atoms with Crippen molar-refractivity contribution in [1.82, 2.24) is 0 Å². The van der Waals surface area contributed by atoms with Crippen molar-refractivity contribution in [2.75, 3.05) is 0 Å². The number of halogens is 4. The topological polar surface area (TPSA) is 26.0 Å². The van der Waals surface area contributed by atoms with Gasteiger partial charge in [-0.1, -0.05) is 61.1 Å². The fourth-order valence-corrected chi connectivity index (χ4v) is 3.48. The standard InChI is InChI=1S/C14H11Br2Cl2N/c15-10-5-9(6-11(16)7-10)14(19)4-8-1-2-12(17)13(18)3-8/h1-3,5-7,14H,4,19H2. The van der Waals surface area contributed by atoms with Crippen LogP contribution < -0.4 is 5.73 Å². The van der Waals surface area contributed by atoms with Crippen LogP contribution in [0.5, 0.6) is 0 Å². The highest BCUT2D eigenvalue weighted by molar-refractivity contribution is 9.11. The van der Waals surface area contributed by atoms with Gasteiger partial charge < -0.3 is 5.73 Å². The van der Waals surface area contributed by atoms with E-state index >= 15 is 0 Å². The molecule has 0 fully saturated rings. The van der Waals surface area contributed by atoms with Crippen LogP contribution in [0.15, 0.2) is 45.3 Å². The van der Waals surface area contributed by atoms with Gasteiger partial charge in [0, 0.05) is 15.0 Å². The first-order chi connectivity index (χ1) is 8.95. The molecule has 0 saturated heterocycles. The van der Waals surface area contributed by atoms with E-state index in [0.29, 0.717) is 16.5 Å². The Morgan fingerprint density at radius 2 is 1.58 bits per heavy atom. The van der Waals surface area contributed by atoms with Crippen molar-refractivity contribution in [3.8, 4) is 0 Å². The average Bonchev–Trinajstić information content (AvgIpc) is 2.32. The number of hydrogen-bond acceptors (Lipinski definition) is 1. The van der Waals surface area contributed by atoms with Crippen LogP contribution in [0.4, 0.5) is 0 Å². The summed E-state index contributed by atoms with van der Waals surface area (Å²) in [7, 11) is 0. The minimum Gasteiger partial charge on any atom is -0.324 e. The van der Waals surface area contributed by atoms with E-state index in [1.807, 2.05) is 30.3 Å². The van der Waals surface area contributed by atoms with Gasteiger partial charge in [0.1, 0.15) is 0 Å². The maximum absolute atomic E-state index is 6.24. The molecule has 0 aromatic heterocycles. The van der Waals surface area contributed by atoms with Gasteiger partial charge in [-0.05, 0) is 47.9 Å². The molecule has 0 radical (unpaired) electrons. The highest BCUT2D eigenvalue weighted by Crippen LogP contribution is 2.27. The van der Waals surface area contributed by atoms with E-state index in [9.17, 15) is 0 Å². The fraction of sp³-hybridized carbons (Fsp3) is 0.143. The molecule has 100 valence electrons. The van der Waals surface area contributed by atoms with Crippen LogP contribution in [0.2, 0.25) is 10.0 Å². The molecule has 0 aliphatic rings. The Bertz CT molecular complexity index is 582. The minimum atomic E-state index is -0.0916. The summed E-state index contributed by atoms with van der Waals surface area (Å²) < 4.78 is 2.00. The van der Waals surface area contributed by atoms with Crippen molar-refractivity contribution in [2.24, 2.45) is 5.73 Å². The van der Waals surface area contributed by atoms with Crippen molar-refractivity contribution in [2.45, 2.75) is 12.5 Å². The predicted octanol–water partition coefficient (Wildman–Crippen LogP) is 5.76. The molecule has 0 bridgehead atoms. The predicted molar refractivity (Wildman–Crippen MR) is 88.9 cm³/mol. The Balaban J connectivity index is 2.20. The van der Waals surface area contributed by atoms with Crippen LogP contribution in [-0.4, -0.2) is 0 Å². The zero-order valence-corrected chi connectivity index (χ0v) is 14.5. The Hall–Kier alpha value is -0.0600. The van der Waals surface area contributed by atoms with Gasteiger partial charge in [-0.2, -0.15) is 0 Å². The van der Waals surface area contributed by atoms with Gasteiger partial charge >= 0.3 is 0 Å². The number of hydrogen-bond donors (Lipinski definition) is 1. The Kier molecular flexibility index (Phi) is 5.32. The van der Waals surface area contributed by atoms with Gasteiger partial charge in [-0.3, -0.25) is 0 Å². The highest BCUT2D eigenvalue weighted by Gasteiger charge is 2.10. The lowest BCUT2D eigenvalue weighted by atomic mass is 10.00. The van der Waals surface area contributed by atoms with E-state index in [1.54, 1.807) is 6.07 Å². The SMILES string of the molecule is NC(Cc1ccc(Cl)c(Cl)c1)c1cc(Br)cc(Br)c1. The molecule has 2 aromatic rings. The van der Waals surface area contributed by atoms with E-state index < -0.39 is 0 Å². The fourth-order valence-electron chi connectivity index (χ4n) is 1.83. The molecule has 0 saturated carbocycles. The third kappa shape index (κ3) is 4.20. The van der Waals surface area contributed by atoms with E-state index in [2.05, 4.69) is 31.9 Å². The van der Waals surface area contributed by atoms with Crippen molar-refractivity contribution in [3.05, 3.63) is 66.5 Å². The van der Waals surface area contributed by atoms with E-state index in [1.165, 1.54) is 0 Å². The summed E-state index contributed by atoms with van der Waals surface area (Å²) in [5.41, 5.74) is 8.37. The Morgan fingerprint density at radius 3 is 2.16 bits per heavy atom. The van der Waals surface area contributed by atoms with E-state index in [-0.39, 0.29) is 6.04 Å². The maximum atomic E-state index is 6.24. The summed E-state index contributed by atoms with van der Waals surface area (Å²) in [4.78, 5) is 0. The van der Waals surface area contributed by atoms with Gasteiger partial charge in [0.2, 0.25) is 0 Å². The first-order valence-corrected chi connectivity index (χ1v) is 7.95. The van der Waals surface area contributed by atoms with Gasteiger partial charge in [0.25, 0.3) is 0 Å². The smallest absolute Gasteiger partial charge is 0.0595 e. The molecule has 1 atom stereocenters. The number of rotatable bonds is 3. The van der Waals surface area contributed by atoms with Crippen molar-refractivity contribution < 1.29 is 0 Å². The number of nitrogens with two attached hydrogens (primary N) is 1. The van der Waals surface area contributed by atoms with Gasteiger partial charge in [0.15, 0.2) is 0 Å². The molecule has 19 heavy (non-hydrogen) atoms. The largest absolute Gasteiger partial charge is 0.324 e. The third-order valence-corrected chi connectivity index (χ3v) is 4.41. The molecule has 0 spiro atoms. The van der Waals surface area contributed by atoms with Crippen LogP contribution in [-0.2, 0) is 6.42 Å². The summed E-state index contributed by atoms with van der Waals surface area (Å²) in [5, 5.41) is 1.12. The van der Waals surface area contributed by atoms with Crippen LogP contribution in [0.1, 0.15) is 17.2 Å². The molecule has 2 rings (SSSR count). The lowest BCUT2D eigenvalue weighted by Gasteiger charge is -2.13. The molecule has 1 unspecified atom stereocenters. The Morgan fingerprint density at radius 1 is 0.947 bits per heavy atom. The molecule has 0 amide bonds. The molecule has 0 aliphatic heterocycles. The number of benzene rings is 2. The average molecular weight is 424 g/mol. The minimum absolute atomic E-state index is 0.0916. The molecule has 0 aliphatic carbocycles. The van der Waals surface area contributed by atoms with Crippen molar-refractivity contribution >= 4 is 55.1 Å². The molecule has 0 heterocycles. The summed E-state index contributed by atoms with van der Waals surface area (Å²) in [6.45, 7) is 0. The van der Waals surface area contributed by atoms with Gasteiger partial charge in [0.05, 0.1) is 10.0 Å². The lowest BCUT2D eigenvalue weighted by Crippen LogP contribution is -2.13. The van der Waals surface area contributed by atoms with Crippen LogP contribution in [0.25, 0.3) is 0 Å². The summed E-state index contributed by atoms with van der Waals surface area (Å²) >= 11 is 18.8. The zero-order valence-electron chi connectivity index (χ0n) is 9.84. The third-order valence-electron chi connectivity index (χ3n) is 2.75. The van der Waals surface area contributed by atoms with E-state index in [4.69, 9.17) is 28.9 Å². The molecular formula is C14H11Br2Cl2N. The van der Waals surface area contributed by atoms with E-state index in [0.717, 1.165) is 20.1 Å². The Labute approximate surface area is 139 Å². The molecule has 1 nitrogen and oxygen atoms in total. The first kappa shape index (κ1) is 15.3. The van der Waals surface area contributed by atoms with Crippen molar-refractivity contribution in [3.63, 3.8) is 0 Å². The van der Waals surface area contributed by atoms with Crippen LogP contribution in [0, 0.1) is 0 Å². The van der Waals surface area contributed by atoms with Crippen LogP contribution >= 0.6 is 55.1 Å².